The molecule has 3 aromatic rings. The van der Waals surface area contributed by atoms with Crippen LogP contribution in [0.3, 0.4) is 0 Å². The normalized spacial score (nSPS) is 25.3. The molecule has 0 saturated carbocycles. The molecule has 0 radical (unpaired) electrons. The van der Waals surface area contributed by atoms with Gasteiger partial charge in [-0.2, -0.15) is 14.4 Å². The van der Waals surface area contributed by atoms with Crippen LogP contribution in [0.15, 0.2) is 41.7 Å². The maximum atomic E-state index is 14.0. The van der Waals surface area contributed by atoms with Gasteiger partial charge in [0.25, 0.3) is 0 Å². The first-order chi connectivity index (χ1) is 13.1. The van der Waals surface area contributed by atoms with Gasteiger partial charge >= 0.3 is 6.08 Å². The zero-order chi connectivity index (χ0) is 19.0. The molecule has 0 unspecified atom stereocenters. The van der Waals surface area contributed by atoms with Gasteiger partial charge in [-0.3, -0.25) is 4.57 Å². The number of rotatable bonds is 5. The van der Waals surface area contributed by atoms with Gasteiger partial charge in [0.15, 0.2) is 11.9 Å². The quantitative estimate of drug-likeness (QED) is 0.333. The molecule has 10 heteroatoms. The minimum atomic E-state index is -1.31. The predicted molar refractivity (Wildman–Crippen MR) is 94.3 cm³/mol. The number of ether oxygens (including phenoxy) is 1. The van der Waals surface area contributed by atoms with Crippen molar-refractivity contribution in [2.45, 2.75) is 35.3 Å². The molecule has 3 heterocycles. The highest BCUT2D eigenvalue weighted by Gasteiger charge is 2.44. The van der Waals surface area contributed by atoms with E-state index in [1.807, 2.05) is 30.3 Å². The van der Waals surface area contributed by atoms with Crippen molar-refractivity contribution in [1.82, 2.24) is 19.5 Å². The fourth-order valence-electron chi connectivity index (χ4n) is 2.99. The Morgan fingerprint density at radius 2 is 1.93 bits per heavy atom. The molecule has 0 aliphatic carbocycles. The Balaban J connectivity index is 1.66. The molecule has 1 aromatic carbocycles. The molecule has 0 bridgehead atoms. The highest BCUT2D eigenvalue weighted by molar-refractivity contribution is 7.98. The minimum absolute atomic E-state index is 0.146. The highest BCUT2D eigenvalue weighted by Crippen LogP contribution is 2.33. The van der Waals surface area contributed by atoms with Crippen LogP contribution in [0, 0.1) is 6.08 Å². The van der Waals surface area contributed by atoms with Crippen molar-refractivity contribution in [1.29, 1.82) is 0 Å². The molecular weight excluding hydrogens is 375 g/mol. The Morgan fingerprint density at radius 3 is 2.63 bits per heavy atom. The third kappa shape index (κ3) is 3.42. The summed E-state index contributed by atoms with van der Waals surface area (Å²) in [7, 11) is 0. The molecule has 142 valence electrons. The zero-order valence-corrected chi connectivity index (χ0v) is 14.8. The van der Waals surface area contributed by atoms with E-state index >= 15 is 0 Å². The Bertz CT molecular complexity index is 941. The molecule has 4 atom stereocenters. The Hall–Kier alpha value is -2.11. The van der Waals surface area contributed by atoms with Gasteiger partial charge in [0.1, 0.15) is 28.9 Å². The van der Waals surface area contributed by atoms with Gasteiger partial charge in [-0.15, -0.1) is 0 Å². The molecule has 8 nitrogen and oxygen atoms in total. The fraction of sp³-hybridized carbons (Fsp3) is 0.353. The number of hydrogen-bond acceptors (Lipinski definition) is 8. The number of imidazole rings is 1. The SMILES string of the molecule is OC[C@@H]1O[C@H](n2cnc3c(SCc4ccccc4)nc(F)nc32)[C@H](O)[C@@H]1O. The summed E-state index contributed by atoms with van der Waals surface area (Å²) < 4.78 is 20.8. The van der Waals surface area contributed by atoms with E-state index in [-0.39, 0.29) is 5.65 Å². The van der Waals surface area contributed by atoms with E-state index in [9.17, 15) is 19.7 Å². The van der Waals surface area contributed by atoms with Crippen LogP contribution < -0.4 is 0 Å². The summed E-state index contributed by atoms with van der Waals surface area (Å²) >= 11 is 1.32. The van der Waals surface area contributed by atoms with Crippen molar-refractivity contribution < 1.29 is 24.4 Å². The van der Waals surface area contributed by atoms with Crippen LogP contribution in [0.2, 0.25) is 0 Å². The number of benzene rings is 1. The summed E-state index contributed by atoms with van der Waals surface area (Å²) in [6.07, 6.45) is -4.13. The standard InChI is InChI=1S/C17H17FN4O4S/c18-17-20-14-11(15(21-17)27-7-9-4-2-1-3-5-9)19-8-22(14)16-13(25)12(24)10(6-23)26-16/h1-5,8,10,12-13,16,23-25H,6-7H2/t10-,12+,13+,16-/m0/s1. The number of fused-ring (bicyclic) bond motifs is 1. The Kier molecular flexibility index (Phi) is 5.06. The summed E-state index contributed by atoms with van der Waals surface area (Å²) in [5, 5.41) is 29.7. The summed E-state index contributed by atoms with van der Waals surface area (Å²) in [6.45, 7) is -0.455. The van der Waals surface area contributed by atoms with Crippen molar-refractivity contribution >= 4 is 22.9 Å². The van der Waals surface area contributed by atoms with E-state index < -0.39 is 37.2 Å². The summed E-state index contributed by atoms with van der Waals surface area (Å²) in [5.74, 6) is 0.576. The van der Waals surface area contributed by atoms with Crippen molar-refractivity contribution in [3.05, 3.63) is 48.3 Å². The van der Waals surface area contributed by atoms with Crippen LogP contribution in [0.1, 0.15) is 11.8 Å². The lowest BCUT2D eigenvalue weighted by molar-refractivity contribution is -0.0511. The lowest BCUT2D eigenvalue weighted by Gasteiger charge is -2.16. The first kappa shape index (κ1) is 18.3. The van der Waals surface area contributed by atoms with E-state index in [1.54, 1.807) is 0 Å². The lowest BCUT2D eigenvalue weighted by atomic mass is 10.1. The lowest BCUT2D eigenvalue weighted by Crippen LogP contribution is -2.33. The molecular formula is C17H17FN4O4S. The molecule has 1 aliphatic heterocycles. The van der Waals surface area contributed by atoms with Gasteiger partial charge in [-0.1, -0.05) is 42.1 Å². The first-order valence-electron chi connectivity index (χ1n) is 8.27. The predicted octanol–water partition coefficient (Wildman–Crippen LogP) is 0.869. The summed E-state index contributed by atoms with van der Waals surface area (Å²) in [4.78, 5) is 11.9. The van der Waals surface area contributed by atoms with Crippen LogP contribution in [-0.2, 0) is 10.5 Å². The third-order valence-corrected chi connectivity index (χ3v) is 5.41. The molecule has 1 aliphatic rings. The van der Waals surface area contributed by atoms with E-state index in [2.05, 4.69) is 15.0 Å². The Morgan fingerprint density at radius 1 is 1.15 bits per heavy atom. The van der Waals surface area contributed by atoms with Gasteiger partial charge < -0.3 is 20.1 Å². The molecule has 1 fully saturated rings. The molecule has 0 spiro atoms. The van der Waals surface area contributed by atoms with E-state index in [4.69, 9.17) is 4.74 Å². The second-order valence-electron chi connectivity index (χ2n) is 6.12. The van der Waals surface area contributed by atoms with Gasteiger partial charge in [-0.05, 0) is 5.56 Å². The van der Waals surface area contributed by atoms with Gasteiger partial charge in [-0.25, -0.2) is 4.98 Å². The van der Waals surface area contributed by atoms with Crippen LogP contribution in [-0.4, -0.2) is 59.8 Å². The van der Waals surface area contributed by atoms with Crippen molar-refractivity contribution in [3.8, 4) is 0 Å². The van der Waals surface area contributed by atoms with Crippen LogP contribution in [0.4, 0.5) is 4.39 Å². The van der Waals surface area contributed by atoms with Crippen LogP contribution >= 0.6 is 11.8 Å². The smallest absolute Gasteiger partial charge is 0.311 e. The van der Waals surface area contributed by atoms with E-state index in [0.717, 1.165) is 5.56 Å². The number of thioether (sulfide) groups is 1. The fourth-order valence-corrected chi connectivity index (χ4v) is 3.90. The monoisotopic (exact) mass is 392 g/mol. The number of halogens is 1. The molecule has 0 amide bonds. The molecule has 2 aromatic heterocycles. The number of nitrogens with zero attached hydrogens (tertiary/aromatic N) is 4. The minimum Gasteiger partial charge on any atom is -0.394 e. The number of aliphatic hydroxyl groups excluding tert-OH is 3. The average Bonchev–Trinajstić information content (AvgIpc) is 3.22. The second kappa shape index (κ2) is 7.49. The van der Waals surface area contributed by atoms with Crippen molar-refractivity contribution in [2.24, 2.45) is 0 Å². The molecule has 3 N–H and O–H groups in total. The molecule has 27 heavy (non-hydrogen) atoms. The van der Waals surface area contributed by atoms with Gasteiger partial charge in [0, 0.05) is 5.75 Å². The topological polar surface area (TPSA) is 114 Å². The number of aliphatic hydroxyl groups is 3. The highest BCUT2D eigenvalue weighted by atomic mass is 32.2. The summed E-state index contributed by atoms with van der Waals surface area (Å²) in [5.41, 5.74) is 1.57. The average molecular weight is 392 g/mol. The summed E-state index contributed by atoms with van der Waals surface area (Å²) in [6, 6.07) is 9.67. The van der Waals surface area contributed by atoms with E-state index in [0.29, 0.717) is 16.3 Å². The molecule has 4 rings (SSSR count). The van der Waals surface area contributed by atoms with Gasteiger partial charge in [0.2, 0.25) is 0 Å². The van der Waals surface area contributed by atoms with Crippen LogP contribution in [0.5, 0.6) is 0 Å². The maximum absolute atomic E-state index is 14.0. The number of hydrogen-bond donors (Lipinski definition) is 3. The molecule has 1 saturated heterocycles. The van der Waals surface area contributed by atoms with Crippen molar-refractivity contribution in [3.63, 3.8) is 0 Å². The maximum Gasteiger partial charge on any atom is 0.311 e. The zero-order valence-electron chi connectivity index (χ0n) is 14.0. The third-order valence-electron chi connectivity index (χ3n) is 4.37. The number of aromatic nitrogens is 4. The van der Waals surface area contributed by atoms with E-state index in [1.165, 1.54) is 22.7 Å². The van der Waals surface area contributed by atoms with Crippen LogP contribution in [0.25, 0.3) is 11.2 Å². The largest absolute Gasteiger partial charge is 0.394 e. The van der Waals surface area contributed by atoms with Gasteiger partial charge in [0.05, 0.1) is 12.9 Å². The first-order valence-corrected chi connectivity index (χ1v) is 9.26. The van der Waals surface area contributed by atoms with Crippen molar-refractivity contribution in [2.75, 3.05) is 6.61 Å². The Labute approximate surface area is 157 Å². The second-order valence-corrected chi connectivity index (χ2v) is 7.09.